The highest BCUT2D eigenvalue weighted by atomic mass is 16.2. The van der Waals surface area contributed by atoms with Crippen LogP contribution in [0.3, 0.4) is 0 Å². The first kappa shape index (κ1) is 15.2. The number of carbonyl (C=O) groups is 1. The lowest BCUT2D eigenvalue weighted by Crippen LogP contribution is -2.30. The zero-order chi connectivity index (χ0) is 14.4. The molecule has 0 aromatic rings. The highest BCUT2D eigenvalue weighted by Crippen LogP contribution is 2.21. The van der Waals surface area contributed by atoms with Crippen LogP contribution in [0, 0.1) is 0 Å². The summed E-state index contributed by atoms with van der Waals surface area (Å²) in [6.07, 6.45) is 3.04. The van der Waals surface area contributed by atoms with Gasteiger partial charge in [0.2, 0.25) is 5.91 Å². The van der Waals surface area contributed by atoms with Crippen LogP contribution < -0.4 is 5.32 Å². The van der Waals surface area contributed by atoms with Gasteiger partial charge in [-0.05, 0) is 13.3 Å². The molecule has 1 rings (SSSR count). The number of unbranched alkanes of at least 4 members (excludes halogenated alkanes) is 1. The third-order valence-electron chi connectivity index (χ3n) is 3.01. The molecule has 5 heteroatoms. The fourth-order valence-corrected chi connectivity index (χ4v) is 1.77. The maximum Gasteiger partial charge on any atom is 0.226 e. The van der Waals surface area contributed by atoms with Crippen LogP contribution >= 0.6 is 0 Å². The van der Waals surface area contributed by atoms with E-state index in [1.165, 1.54) is 4.90 Å². The summed E-state index contributed by atoms with van der Waals surface area (Å²) in [5.41, 5.74) is 1.70. The maximum atomic E-state index is 11.7. The maximum absolute atomic E-state index is 11.7. The van der Waals surface area contributed by atoms with E-state index >= 15 is 0 Å². The SMILES string of the molecule is CCCCC1=NC(C)=C(CC(=O)N(C)C)C(=C=O)N1. The summed E-state index contributed by atoms with van der Waals surface area (Å²) in [7, 11) is 3.38. The van der Waals surface area contributed by atoms with Crippen molar-refractivity contribution in [3.63, 3.8) is 0 Å². The molecule has 1 amide bonds. The van der Waals surface area contributed by atoms with Crippen LogP contribution in [0.25, 0.3) is 0 Å². The van der Waals surface area contributed by atoms with Crippen molar-refractivity contribution in [2.75, 3.05) is 14.1 Å². The van der Waals surface area contributed by atoms with Crippen LogP contribution in [-0.2, 0) is 9.59 Å². The molecule has 1 aliphatic rings. The monoisotopic (exact) mass is 263 g/mol. The lowest BCUT2D eigenvalue weighted by atomic mass is 10.0. The van der Waals surface area contributed by atoms with Gasteiger partial charge in [-0.3, -0.25) is 4.79 Å². The van der Waals surface area contributed by atoms with E-state index in [0.717, 1.165) is 30.8 Å². The number of nitrogens with zero attached hydrogens (tertiary/aromatic N) is 2. The number of rotatable bonds is 5. The Morgan fingerprint density at radius 3 is 2.63 bits per heavy atom. The summed E-state index contributed by atoms with van der Waals surface area (Å²) in [5, 5.41) is 2.98. The van der Waals surface area contributed by atoms with E-state index in [0.29, 0.717) is 11.3 Å². The highest BCUT2D eigenvalue weighted by Gasteiger charge is 2.21. The van der Waals surface area contributed by atoms with Crippen molar-refractivity contribution in [3.8, 4) is 0 Å². The Labute approximate surface area is 114 Å². The minimum Gasteiger partial charge on any atom is -0.349 e. The molecule has 0 spiro atoms. The molecule has 1 heterocycles. The predicted octanol–water partition coefficient (Wildman–Crippen LogP) is 1.65. The highest BCUT2D eigenvalue weighted by molar-refractivity contribution is 5.91. The number of allylic oxidation sites excluding steroid dienone is 2. The van der Waals surface area contributed by atoms with Gasteiger partial charge in [-0.2, -0.15) is 0 Å². The smallest absolute Gasteiger partial charge is 0.226 e. The first-order valence-electron chi connectivity index (χ1n) is 6.49. The van der Waals surface area contributed by atoms with Gasteiger partial charge in [0.25, 0.3) is 0 Å². The van der Waals surface area contributed by atoms with Gasteiger partial charge in [0.05, 0.1) is 6.42 Å². The van der Waals surface area contributed by atoms with Crippen LogP contribution in [0.1, 0.15) is 39.5 Å². The van der Waals surface area contributed by atoms with Crippen LogP contribution in [-0.4, -0.2) is 36.7 Å². The molecule has 0 saturated heterocycles. The third-order valence-corrected chi connectivity index (χ3v) is 3.01. The Morgan fingerprint density at radius 1 is 1.42 bits per heavy atom. The van der Waals surface area contributed by atoms with Gasteiger partial charge >= 0.3 is 0 Å². The van der Waals surface area contributed by atoms with Crippen LogP contribution in [0.5, 0.6) is 0 Å². The van der Waals surface area contributed by atoms with Gasteiger partial charge in [-0.1, -0.05) is 13.3 Å². The minimum atomic E-state index is -0.0592. The Bertz CT molecular complexity index is 469. The number of amides is 1. The quantitative estimate of drug-likeness (QED) is 0.767. The molecule has 0 aromatic carbocycles. The second kappa shape index (κ2) is 6.90. The van der Waals surface area contributed by atoms with E-state index in [2.05, 4.69) is 17.2 Å². The average molecular weight is 263 g/mol. The molecule has 0 aromatic heterocycles. The summed E-state index contributed by atoms with van der Waals surface area (Å²) >= 11 is 0. The van der Waals surface area contributed by atoms with Gasteiger partial charge in [0.1, 0.15) is 11.5 Å². The molecule has 0 saturated carbocycles. The second-order valence-corrected chi connectivity index (χ2v) is 4.79. The molecule has 19 heavy (non-hydrogen) atoms. The van der Waals surface area contributed by atoms with E-state index < -0.39 is 0 Å². The lowest BCUT2D eigenvalue weighted by Gasteiger charge is -2.21. The molecule has 104 valence electrons. The van der Waals surface area contributed by atoms with Gasteiger partial charge < -0.3 is 10.2 Å². The third kappa shape index (κ3) is 4.07. The van der Waals surface area contributed by atoms with Crippen molar-refractivity contribution in [3.05, 3.63) is 17.0 Å². The molecule has 0 bridgehead atoms. The van der Waals surface area contributed by atoms with Crippen molar-refractivity contribution in [2.24, 2.45) is 4.99 Å². The average Bonchev–Trinajstić information content (AvgIpc) is 2.38. The molecule has 1 aliphatic heterocycles. The summed E-state index contributed by atoms with van der Waals surface area (Å²) in [5.74, 6) is 2.60. The fraction of sp³-hybridized carbons (Fsp3) is 0.571. The second-order valence-electron chi connectivity index (χ2n) is 4.79. The van der Waals surface area contributed by atoms with Gasteiger partial charge in [0, 0.05) is 31.8 Å². The van der Waals surface area contributed by atoms with Crippen LogP contribution in [0.4, 0.5) is 0 Å². The van der Waals surface area contributed by atoms with E-state index in [4.69, 9.17) is 0 Å². The van der Waals surface area contributed by atoms with Gasteiger partial charge in [0.15, 0.2) is 5.94 Å². The molecule has 0 radical (unpaired) electrons. The topological polar surface area (TPSA) is 61.8 Å². The molecule has 0 unspecified atom stereocenters. The lowest BCUT2D eigenvalue weighted by molar-refractivity contribution is -0.127. The van der Waals surface area contributed by atoms with Crippen molar-refractivity contribution in [1.29, 1.82) is 0 Å². The van der Waals surface area contributed by atoms with Crippen molar-refractivity contribution in [2.45, 2.75) is 39.5 Å². The minimum absolute atomic E-state index is 0.0592. The zero-order valence-corrected chi connectivity index (χ0v) is 12.0. The molecule has 1 N–H and O–H groups in total. The number of carbonyl (C=O) groups excluding carboxylic acids is 2. The molecule has 0 aliphatic carbocycles. The zero-order valence-electron chi connectivity index (χ0n) is 12.0. The Kier molecular flexibility index (Phi) is 5.52. The van der Waals surface area contributed by atoms with Crippen LogP contribution in [0.2, 0.25) is 0 Å². The van der Waals surface area contributed by atoms with Gasteiger partial charge in [-0.15, -0.1) is 0 Å². The first-order chi connectivity index (χ1) is 8.99. The first-order valence-corrected chi connectivity index (χ1v) is 6.49. The summed E-state index contributed by atoms with van der Waals surface area (Å²) in [6.45, 7) is 3.92. The number of amidine groups is 1. The molecule has 0 atom stereocenters. The summed E-state index contributed by atoms with van der Waals surface area (Å²) in [4.78, 5) is 28.7. The van der Waals surface area contributed by atoms with Crippen molar-refractivity contribution >= 4 is 17.7 Å². The number of hydrogen-bond donors (Lipinski definition) is 1. The van der Waals surface area contributed by atoms with E-state index in [1.807, 2.05) is 12.9 Å². The Balaban J connectivity index is 2.96. The van der Waals surface area contributed by atoms with Crippen molar-refractivity contribution in [1.82, 2.24) is 10.2 Å². The number of hydrogen-bond acceptors (Lipinski definition) is 4. The normalized spacial score (nSPS) is 14.7. The largest absolute Gasteiger partial charge is 0.349 e. The van der Waals surface area contributed by atoms with Gasteiger partial charge in [-0.25, -0.2) is 9.79 Å². The predicted molar refractivity (Wildman–Crippen MR) is 75.3 cm³/mol. The molecular formula is C14H21N3O2. The van der Waals surface area contributed by atoms with Crippen molar-refractivity contribution < 1.29 is 9.59 Å². The fourth-order valence-electron chi connectivity index (χ4n) is 1.77. The van der Waals surface area contributed by atoms with E-state index in [9.17, 15) is 9.59 Å². The Hall–Kier alpha value is -1.87. The molecule has 0 fully saturated rings. The van der Waals surface area contributed by atoms with E-state index in [-0.39, 0.29) is 12.3 Å². The molecular weight excluding hydrogens is 242 g/mol. The standard InChI is InChI=1S/C14H21N3O2/c1-5-6-7-13-15-10(2)11(12(9-18)16-13)8-14(19)17(3)4/h5-8H2,1-4H3,(H,15,16). The number of nitrogens with one attached hydrogen (secondary N) is 1. The summed E-state index contributed by atoms with van der Waals surface area (Å²) in [6, 6.07) is 0. The number of aliphatic imine (C=N–C) groups is 1. The Morgan fingerprint density at radius 2 is 2.11 bits per heavy atom. The van der Waals surface area contributed by atoms with Crippen LogP contribution in [0.15, 0.2) is 22.0 Å². The summed E-state index contributed by atoms with van der Waals surface area (Å²) < 4.78 is 0. The van der Waals surface area contributed by atoms with E-state index in [1.54, 1.807) is 14.1 Å². The molecule has 5 nitrogen and oxygen atoms in total.